The van der Waals surface area contributed by atoms with Gasteiger partial charge in [-0.1, -0.05) is 23.3 Å². The number of hydrogen-bond donors (Lipinski definition) is 2. The summed E-state index contributed by atoms with van der Waals surface area (Å²) in [6.45, 7) is 4.00. The zero-order valence-electron chi connectivity index (χ0n) is 8.29. The molecule has 76 valence electrons. The lowest BCUT2D eigenvalue weighted by molar-refractivity contribution is 0.635. The van der Waals surface area contributed by atoms with E-state index in [4.69, 9.17) is 17.4 Å². The average Bonchev–Trinajstić information content (AvgIpc) is 2.15. The standard InChI is InChI=1S/C10H14ClN3/c1-7(2)6-9(14-12)10-8(11)4-3-5-13-10/h3-6,9,14H,12H2,1-2H3. The van der Waals surface area contributed by atoms with E-state index in [0.717, 1.165) is 11.3 Å². The van der Waals surface area contributed by atoms with Crippen molar-refractivity contribution in [3.63, 3.8) is 0 Å². The maximum atomic E-state index is 5.99. The largest absolute Gasteiger partial charge is 0.271 e. The van der Waals surface area contributed by atoms with Crippen LogP contribution in [0.5, 0.6) is 0 Å². The highest BCUT2D eigenvalue weighted by Gasteiger charge is 2.10. The van der Waals surface area contributed by atoms with E-state index in [0.29, 0.717) is 5.02 Å². The average molecular weight is 212 g/mol. The van der Waals surface area contributed by atoms with Gasteiger partial charge in [0, 0.05) is 6.20 Å². The summed E-state index contributed by atoms with van der Waals surface area (Å²) >= 11 is 5.99. The van der Waals surface area contributed by atoms with E-state index in [1.807, 2.05) is 19.9 Å². The number of hydrazine groups is 1. The van der Waals surface area contributed by atoms with Crippen molar-refractivity contribution in [1.82, 2.24) is 10.4 Å². The molecule has 1 atom stereocenters. The first-order chi connectivity index (χ1) is 6.65. The second-order valence-corrected chi connectivity index (χ2v) is 3.67. The lowest BCUT2D eigenvalue weighted by Crippen LogP contribution is -2.27. The number of hydrogen-bond acceptors (Lipinski definition) is 3. The summed E-state index contributed by atoms with van der Waals surface area (Å²) in [4.78, 5) is 4.18. The van der Waals surface area contributed by atoms with E-state index in [1.54, 1.807) is 18.3 Å². The topological polar surface area (TPSA) is 50.9 Å². The molecule has 14 heavy (non-hydrogen) atoms. The van der Waals surface area contributed by atoms with Crippen molar-refractivity contribution in [3.8, 4) is 0 Å². The first-order valence-corrected chi connectivity index (χ1v) is 4.74. The van der Waals surface area contributed by atoms with Crippen molar-refractivity contribution in [2.75, 3.05) is 0 Å². The second kappa shape index (κ2) is 5.10. The van der Waals surface area contributed by atoms with E-state index in [-0.39, 0.29) is 6.04 Å². The van der Waals surface area contributed by atoms with Crippen LogP contribution in [0.15, 0.2) is 30.0 Å². The fourth-order valence-corrected chi connectivity index (χ4v) is 1.41. The Morgan fingerprint density at radius 2 is 2.36 bits per heavy atom. The van der Waals surface area contributed by atoms with Gasteiger partial charge in [0.15, 0.2) is 0 Å². The minimum Gasteiger partial charge on any atom is -0.271 e. The predicted octanol–water partition coefficient (Wildman–Crippen LogP) is 2.21. The minimum absolute atomic E-state index is 0.131. The third-order valence-electron chi connectivity index (χ3n) is 1.76. The van der Waals surface area contributed by atoms with Gasteiger partial charge in [-0.15, -0.1) is 0 Å². The van der Waals surface area contributed by atoms with Crippen LogP contribution in [-0.2, 0) is 0 Å². The van der Waals surface area contributed by atoms with Gasteiger partial charge >= 0.3 is 0 Å². The lowest BCUT2D eigenvalue weighted by Gasteiger charge is -2.12. The van der Waals surface area contributed by atoms with Gasteiger partial charge in [-0.3, -0.25) is 10.8 Å². The molecule has 1 rings (SSSR count). The second-order valence-electron chi connectivity index (χ2n) is 3.26. The molecule has 3 nitrogen and oxygen atoms in total. The molecule has 0 amide bonds. The Hall–Kier alpha value is -0.900. The Labute approximate surface area is 88.9 Å². The van der Waals surface area contributed by atoms with Crippen molar-refractivity contribution < 1.29 is 0 Å². The normalized spacial score (nSPS) is 12.3. The zero-order chi connectivity index (χ0) is 10.6. The number of nitrogens with one attached hydrogen (secondary N) is 1. The third kappa shape index (κ3) is 2.80. The zero-order valence-corrected chi connectivity index (χ0v) is 9.05. The van der Waals surface area contributed by atoms with Gasteiger partial charge in [-0.2, -0.15) is 0 Å². The van der Waals surface area contributed by atoms with Gasteiger partial charge in [0.2, 0.25) is 0 Å². The molecule has 3 N–H and O–H groups in total. The lowest BCUT2D eigenvalue weighted by atomic mass is 10.1. The van der Waals surface area contributed by atoms with Gasteiger partial charge in [0.05, 0.1) is 16.8 Å². The maximum Gasteiger partial charge on any atom is 0.0829 e. The van der Waals surface area contributed by atoms with Gasteiger partial charge in [-0.05, 0) is 26.0 Å². The van der Waals surface area contributed by atoms with Crippen LogP contribution in [0, 0.1) is 0 Å². The van der Waals surface area contributed by atoms with Crippen molar-refractivity contribution in [3.05, 3.63) is 40.7 Å². The van der Waals surface area contributed by atoms with Crippen LogP contribution in [0.3, 0.4) is 0 Å². The minimum atomic E-state index is -0.131. The summed E-state index contributed by atoms with van der Waals surface area (Å²) in [5.74, 6) is 5.43. The molecule has 1 heterocycles. The number of allylic oxidation sites excluding steroid dienone is 1. The van der Waals surface area contributed by atoms with Gasteiger partial charge < -0.3 is 0 Å². The first-order valence-electron chi connectivity index (χ1n) is 4.36. The van der Waals surface area contributed by atoms with E-state index in [2.05, 4.69) is 10.4 Å². The van der Waals surface area contributed by atoms with Crippen LogP contribution in [0.1, 0.15) is 25.6 Å². The highest BCUT2D eigenvalue weighted by atomic mass is 35.5. The molecule has 0 aliphatic heterocycles. The van der Waals surface area contributed by atoms with Gasteiger partial charge in [0.1, 0.15) is 0 Å². The van der Waals surface area contributed by atoms with E-state index >= 15 is 0 Å². The third-order valence-corrected chi connectivity index (χ3v) is 2.08. The predicted molar refractivity (Wildman–Crippen MR) is 58.7 cm³/mol. The highest BCUT2D eigenvalue weighted by Crippen LogP contribution is 2.21. The Morgan fingerprint density at radius 1 is 1.64 bits per heavy atom. The first kappa shape index (κ1) is 11.2. The van der Waals surface area contributed by atoms with E-state index in [9.17, 15) is 0 Å². The summed E-state index contributed by atoms with van der Waals surface area (Å²) in [6.07, 6.45) is 3.68. The van der Waals surface area contributed by atoms with Crippen LogP contribution in [0.4, 0.5) is 0 Å². The summed E-state index contributed by atoms with van der Waals surface area (Å²) < 4.78 is 0. The molecule has 4 heteroatoms. The molecule has 1 aromatic rings. The number of nitrogens with zero attached hydrogens (tertiary/aromatic N) is 1. The van der Waals surface area contributed by atoms with Crippen LogP contribution >= 0.6 is 11.6 Å². The summed E-state index contributed by atoms with van der Waals surface area (Å²) in [7, 11) is 0. The van der Waals surface area contributed by atoms with E-state index < -0.39 is 0 Å². The van der Waals surface area contributed by atoms with E-state index in [1.165, 1.54) is 0 Å². The number of rotatable bonds is 3. The summed E-state index contributed by atoms with van der Waals surface area (Å²) in [5, 5.41) is 0.618. The molecule has 1 aromatic heterocycles. The van der Waals surface area contributed by atoms with Crippen molar-refractivity contribution in [1.29, 1.82) is 0 Å². The molecular weight excluding hydrogens is 198 g/mol. The number of aromatic nitrogens is 1. The monoisotopic (exact) mass is 211 g/mol. The molecule has 0 fully saturated rings. The smallest absolute Gasteiger partial charge is 0.0829 e. The Balaban J connectivity index is 3.01. The SMILES string of the molecule is CC(C)=CC(NN)c1ncccc1Cl. The van der Waals surface area contributed by atoms with Gasteiger partial charge in [-0.25, -0.2) is 5.43 Å². The Bertz CT molecular complexity index is 332. The maximum absolute atomic E-state index is 5.99. The fraction of sp³-hybridized carbons (Fsp3) is 0.300. The molecule has 0 aromatic carbocycles. The van der Waals surface area contributed by atoms with Crippen molar-refractivity contribution in [2.24, 2.45) is 5.84 Å². The molecule has 0 aliphatic rings. The number of halogens is 1. The summed E-state index contributed by atoms with van der Waals surface area (Å²) in [6, 6.07) is 3.46. The highest BCUT2D eigenvalue weighted by molar-refractivity contribution is 6.31. The molecule has 0 aliphatic carbocycles. The molecule has 1 unspecified atom stereocenters. The van der Waals surface area contributed by atoms with Crippen LogP contribution in [-0.4, -0.2) is 4.98 Å². The van der Waals surface area contributed by atoms with Crippen LogP contribution in [0.25, 0.3) is 0 Å². The Kier molecular flexibility index (Phi) is 4.07. The molecular formula is C10H14ClN3. The number of pyridine rings is 1. The quantitative estimate of drug-likeness (QED) is 0.458. The molecule has 0 radical (unpaired) electrons. The summed E-state index contributed by atoms with van der Waals surface area (Å²) in [5.41, 5.74) is 4.58. The fourth-order valence-electron chi connectivity index (χ4n) is 1.17. The van der Waals surface area contributed by atoms with Gasteiger partial charge in [0.25, 0.3) is 0 Å². The van der Waals surface area contributed by atoms with Crippen LogP contribution in [0.2, 0.25) is 5.02 Å². The Morgan fingerprint density at radius 3 is 2.86 bits per heavy atom. The van der Waals surface area contributed by atoms with Crippen molar-refractivity contribution in [2.45, 2.75) is 19.9 Å². The molecule has 0 saturated carbocycles. The molecule has 0 bridgehead atoms. The molecule has 0 saturated heterocycles. The number of nitrogens with two attached hydrogens (primary N) is 1. The molecule has 0 spiro atoms. The van der Waals surface area contributed by atoms with Crippen molar-refractivity contribution >= 4 is 11.6 Å². The van der Waals surface area contributed by atoms with Crippen LogP contribution < -0.4 is 11.3 Å².